The molecule has 126 valence electrons. The van der Waals surface area contributed by atoms with Crippen molar-refractivity contribution in [1.29, 1.82) is 0 Å². The first-order chi connectivity index (χ1) is 11.3. The molecule has 0 heterocycles. The van der Waals surface area contributed by atoms with Gasteiger partial charge < -0.3 is 10.1 Å². The van der Waals surface area contributed by atoms with Gasteiger partial charge in [0.25, 0.3) is 5.91 Å². The van der Waals surface area contributed by atoms with Crippen LogP contribution in [0.2, 0.25) is 10.0 Å². The smallest absolute Gasteiger partial charge is 0.310 e. The third-order valence-corrected chi connectivity index (χ3v) is 4.05. The number of halogens is 2. The van der Waals surface area contributed by atoms with Crippen LogP contribution in [0.3, 0.4) is 0 Å². The predicted octanol–water partition coefficient (Wildman–Crippen LogP) is 4.33. The Morgan fingerprint density at radius 1 is 1.04 bits per heavy atom. The van der Waals surface area contributed by atoms with Gasteiger partial charge in [0.1, 0.15) is 0 Å². The molecule has 0 radical (unpaired) electrons. The van der Waals surface area contributed by atoms with E-state index in [1.54, 1.807) is 12.1 Å². The molecule has 0 saturated carbocycles. The van der Waals surface area contributed by atoms with Crippen LogP contribution in [0.4, 0.5) is 5.69 Å². The number of ether oxygens (including phenoxy) is 1. The topological polar surface area (TPSA) is 55.4 Å². The quantitative estimate of drug-likeness (QED) is 0.802. The molecule has 2 aromatic carbocycles. The van der Waals surface area contributed by atoms with Crippen molar-refractivity contribution in [3.8, 4) is 0 Å². The molecule has 1 N–H and O–H groups in total. The number of aryl methyl sites for hydroxylation is 2. The van der Waals surface area contributed by atoms with Crippen LogP contribution in [-0.4, -0.2) is 18.5 Å². The van der Waals surface area contributed by atoms with Crippen LogP contribution in [0.1, 0.15) is 16.7 Å². The summed E-state index contributed by atoms with van der Waals surface area (Å²) in [6, 6.07) is 10.5. The summed E-state index contributed by atoms with van der Waals surface area (Å²) in [4.78, 5) is 23.7. The minimum Gasteiger partial charge on any atom is -0.455 e. The van der Waals surface area contributed by atoms with Gasteiger partial charge >= 0.3 is 5.97 Å². The highest BCUT2D eigenvalue weighted by atomic mass is 35.5. The molecule has 6 heteroatoms. The van der Waals surface area contributed by atoms with E-state index in [9.17, 15) is 9.59 Å². The first-order valence-corrected chi connectivity index (χ1v) is 8.07. The summed E-state index contributed by atoms with van der Waals surface area (Å²) in [7, 11) is 0. The van der Waals surface area contributed by atoms with E-state index in [1.807, 2.05) is 32.0 Å². The lowest BCUT2D eigenvalue weighted by Crippen LogP contribution is -2.21. The van der Waals surface area contributed by atoms with Gasteiger partial charge in [0.05, 0.1) is 17.1 Å². The van der Waals surface area contributed by atoms with Crippen LogP contribution in [0.25, 0.3) is 0 Å². The number of rotatable bonds is 5. The Hall–Kier alpha value is -2.04. The maximum absolute atomic E-state index is 11.8. The Labute approximate surface area is 150 Å². The molecule has 1 amide bonds. The van der Waals surface area contributed by atoms with Gasteiger partial charge in [0, 0.05) is 5.02 Å². The summed E-state index contributed by atoms with van der Waals surface area (Å²) in [6.07, 6.45) is 0.117. The van der Waals surface area contributed by atoms with E-state index in [1.165, 1.54) is 6.07 Å². The van der Waals surface area contributed by atoms with Gasteiger partial charge in [0.2, 0.25) is 0 Å². The van der Waals surface area contributed by atoms with E-state index in [0.717, 1.165) is 16.7 Å². The molecule has 0 unspecified atom stereocenters. The second-order valence-corrected chi connectivity index (χ2v) is 6.27. The number of hydrogen-bond donors (Lipinski definition) is 1. The molecule has 24 heavy (non-hydrogen) atoms. The highest BCUT2D eigenvalue weighted by Crippen LogP contribution is 2.25. The van der Waals surface area contributed by atoms with Crippen LogP contribution in [0.15, 0.2) is 36.4 Å². The molecular formula is C18H17Cl2NO3. The van der Waals surface area contributed by atoms with Crippen molar-refractivity contribution in [3.63, 3.8) is 0 Å². The van der Waals surface area contributed by atoms with E-state index in [2.05, 4.69) is 5.32 Å². The minimum atomic E-state index is -0.479. The molecule has 0 aliphatic rings. The van der Waals surface area contributed by atoms with Crippen molar-refractivity contribution in [3.05, 3.63) is 63.1 Å². The number of benzene rings is 2. The molecule has 0 aromatic heterocycles. The molecule has 0 fully saturated rings. The number of carbonyl (C=O) groups excluding carboxylic acids is 2. The van der Waals surface area contributed by atoms with Gasteiger partial charge in [-0.3, -0.25) is 9.59 Å². The number of carbonyl (C=O) groups is 2. The van der Waals surface area contributed by atoms with Crippen molar-refractivity contribution >= 4 is 40.8 Å². The summed E-state index contributed by atoms with van der Waals surface area (Å²) in [5, 5.41) is 3.36. The fourth-order valence-electron chi connectivity index (χ4n) is 2.06. The molecule has 0 bridgehead atoms. The lowest BCUT2D eigenvalue weighted by molar-refractivity contribution is -0.146. The molecule has 4 nitrogen and oxygen atoms in total. The van der Waals surface area contributed by atoms with Crippen LogP contribution >= 0.6 is 23.2 Å². The maximum atomic E-state index is 11.8. The summed E-state index contributed by atoms with van der Waals surface area (Å²) >= 11 is 11.8. The Bertz CT molecular complexity index is 775. The van der Waals surface area contributed by atoms with Gasteiger partial charge in [-0.2, -0.15) is 0 Å². The van der Waals surface area contributed by atoms with Gasteiger partial charge in [0.15, 0.2) is 6.61 Å². The van der Waals surface area contributed by atoms with Crippen molar-refractivity contribution in [2.75, 3.05) is 11.9 Å². The lowest BCUT2D eigenvalue weighted by atomic mass is 10.0. The molecule has 0 spiro atoms. The first-order valence-electron chi connectivity index (χ1n) is 7.32. The van der Waals surface area contributed by atoms with E-state index in [4.69, 9.17) is 27.9 Å². The molecule has 0 atom stereocenters. The molecule has 0 aliphatic carbocycles. The third-order valence-electron chi connectivity index (χ3n) is 3.49. The second-order valence-electron chi connectivity index (χ2n) is 5.43. The van der Waals surface area contributed by atoms with E-state index < -0.39 is 11.9 Å². The largest absolute Gasteiger partial charge is 0.455 e. The molecule has 2 rings (SSSR count). The highest BCUT2D eigenvalue weighted by Gasteiger charge is 2.11. The first kappa shape index (κ1) is 18.3. The molecule has 0 saturated heterocycles. The number of nitrogens with one attached hydrogen (secondary N) is 1. The number of esters is 1. The van der Waals surface area contributed by atoms with Gasteiger partial charge in [-0.15, -0.1) is 0 Å². The zero-order chi connectivity index (χ0) is 17.7. The summed E-state index contributed by atoms with van der Waals surface area (Å²) in [5.74, 6) is -0.946. The minimum absolute atomic E-state index is 0.117. The fourth-order valence-corrected chi connectivity index (χ4v) is 2.39. The average molecular weight is 366 g/mol. The maximum Gasteiger partial charge on any atom is 0.310 e. The van der Waals surface area contributed by atoms with Gasteiger partial charge in [-0.1, -0.05) is 41.4 Å². The summed E-state index contributed by atoms with van der Waals surface area (Å²) in [5.41, 5.74) is 3.49. The Kier molecular flexibility index (Phi) is 6.23. The van der Waals surface area contributed by atoms with Crippen molar-refractivity contribution < 1.29 is 14.3 Å². The Balaban J connectivity index is 1.85. The monoisotopic (exact) mass is 365 g/mol. The lowest BCUT2D eigenvalue weighted by Gasteiger charge is -2.09. The zero-order valence-electron chi connectivity index (χ0n) is 13.4. The Morgan fingerprint density at radius 3 is 2.50 bits per heavy atom. The predicted molar refractivity (Wildman–Crippen MR) is 95.7 cm³/mol. The fraction of sp³-hybridized carbons (Fsp3) is 0.222. The van der Waals surface area contributed by atoms with E-state index in [0.29, 0.717) is 15.7 Å². The van der Waals surface area contributed by atoms with E-state index >= 15 is 0 Å². The summed E-state index contributed by atoms with van der Waals surface area (Å²) in [6.45, 7) is 3.60. The average Bonchev–Trinajstić information content (AvgIpc) is 2.52. The normalized spacial score (nSPS) is 10.3. The Morgan fingerprint density at radius 2 is 1.79 bits per heavy atom. The van der Waals surface area contributed by atoms with Crippen molar-refractivity contribution in [2.24, 2.45) is 0 Å². The number of anilines is 1. The standard InChI is InChI=1S/C18H17Cl2NO3/c1-11-3-4-13(7-12(11)2)8-18(23)24-10-17(22)21-16-9-14(19)5-6-15(16)20/h3-7,9H,8,10H2,1-2H3,(H,21,22). The van der Waals surface area contributed by atoms with Crippen LogP contribution < -0.4 is 5.32 Å². The zero-order valence-corrected chi connectivity index (χ0v) is 14.9. The number of amides is 1. The number of hydrogen-bond acceptors (Lipinski definition) is 3. The molecular weight excluding hydrogens is 349 g/mol. The molecule has 2 aromatic rings. The highest BCUT2D eigenvalue weighted by molar-refractivity contribution is 6.35. The third kappa shape index (κ3) is 5.25. The van der Waals surface area contributed by atoms with Crippen LogP contribution in [-0.2, 0) is 20.7 Å². The van der Waals surface area contributed by atoms with Crippen LogP contribution in [0.5, 0.6) is 0 Å². The molecule has 0 aliphatic heterocycles. The SMILES string of the molecule is Cc1ccc(CC(=O)OCC(=O)Nc2cc(Cl)ccc2Cl)cc1C. The van der Waals surface area contributed by atoms with Crippen molar-refractivity contribution in [2.45, 2.75) is 20.3 Å². The summed E-state index contributed by atoms with van der Waals surface area (Å²) < 4.78 is 4.99. The van der Waals surface area contributed by atoms with Crippen molar-refractivity contribution in [1.82, 2.24) is 0 Å². The van der Waals surface area contributed by atoms with Gasteiger partial charge in [-0.25, -0.2) is 0 Å². The van der Waals surface area contributed by atoms with Crippen LogP contribution in [0, 0.1) is 13.8 Å². The second kappa shape index (κ2) is 8.18. The van der Waals surface area contributed by atoms with E-state index in [-0.39, 0.29) is 13.0 Å². The van der Waals surface area contributed by atoms with Gasteiger partial charge in [-0.05, 0) is 48.7 Å².